The third-order valence-electron chi connectivity index (χ3n) is 3.22. The van der Waals surface area contributed by atoms with Gasteiger partial charge in [0.1, 0.15) is 5.82 Å². The first-order chi connectivity index (χ1) is 9.79. The molecule has 20 heavy (non-hydrogen) atoms. The van der Waals surface area contributed by atoms with E-state index in [1.165, 1.54) is 12.3 Å². The average molecular weight is 268 g/mol. The molecule has 1 aromatic carbocycles. The lowest BCUT2D eigenvalue weighted by molar-refractivity contribution is 0.599. The first kappa shape index (κ1) is 12.7. The van der Waals surface area contributed by atoms with Crippen molar-refractivity contribution in [1.29, 1.82) is 0 Å². The summed E-state index contributed by atoms with van der Waals surface area (Å²) in [5, 5.41) is 0.974. The number of hydrogen-bond donors (Lipinski definition) is 2. The summed E-state index contributed by atoms with van der Waals surface area (Å²) >= 11 is 0. The predicted molar refractivity (Wildman–Crippen MR) is 75.1 cm³/mol. The van der Waals surface area contributed by atoms with E-state index in [1.54, 1.807) is 12.4 Å². The fraction of sp³-hybridized carbons (Fsp3) is 0.0667. The fourth-order valence-corrected chi connectivity index (χ4v) is 2.33. The molecular formula is C15H13FN4. The van der Waals surface area contributed by atoms with E-state index in [4.69, 9.17) is 5.84 Å². The molecule has 0 radical (unpaired) electrons. The lowest BCUT2D eigenvalue weighted by atomic mass is 9.97. The second-order valence-corrected chi connectivity index (χ2v) is 4.45. The zero-order valence-electron chi connectivity index (χ0n) is 10.6. The Morgan fingerprint density at radius 1 is 1.15 bits per heavy atom. The zero-order chi connectivity index (χ0) is 13.9. The van der Waals surface area contributed by atoms with E-state index >= 15 is 0 Å². The summed E-state index contributed by atoms with van der Waals surface area (Å²) in [6.45, 7) is 0. The van der Waals surface area contributed by atoms with E-state index < -0.39 is 0 Å². The van der Waals surface area contributed by atoms with Crippen LogP contribution in [0.2, 0.25) is 0 Å². The summed E-state index contributed by atoms with van der Waals surface area (Å²) in [6.07, 6.45) is 4.51. The molecule has 0 saturated heterocycles. The summed E-state index contributed by atoms with van der Waals surface area (Å²) in [7, 11) is 0. The van der Waals surface area contributed by atoms with E-state index in [0.29, 0.717) is 5.56 Å². The highest BCUT2D eigenvalue weighted by Gasteiger charge is 2.16. The molecule has 2 heterocycles. The van der Waals surface area contributed by atoms with E-state index in [1.807, 2.05) is 30.3 Å². The molecule has 0 amide bonds. The highest BCUT2D eigenvalue weighted by Crippen LogP contribution is 2.27. The van der Waals surface area contributed by atoms with Crippen LogP contribution in [0.5, 0.6) is 0 Å². The summed E-state index contributed by atoms with van der Waals surface area (Å²) in [5.41, 5.74) is 5.20. The van der Waals surface area contributed by atoms with Crippen LogP contribution in [-0.2, 0) is 0 Å². The molecule has 0 aliphatic rings. The Morgan fingerprint density at radius 2 is 2.05 bits per heavy atom. The van der Waals surface area contributed by atoms with Gasteiger partial charge in [-0.1, -0.05) is 18.2 Å². The van der Waals surface area contributed by atoms with Crippen LogP contribution < -0.4 is 11.3 Å². The first-order valence-corrected chi connectivity index (χ1v) is 6.20. The van der Waals surface area contributed by atoms with E-state index in [0.717, 1.165) is 16.5 Å². The minimum absolute atomic E-state index is 0.342. The molecule has 100 valence electrons. The lowest BCUT2D eigenvalue weighted by Gasteiger charge is -2.18. The van der Waals surface area contributed by atoms with Crippen LogP contribution in [0, 0.1) is 5.82 Å². The summed E-state index contributed by atoms with van der Waals surface area (Å²) in [6, 6.07) is 10.7. The average Bonchev–Trinajstić information content (AvgIpc) is 2.48. The Kier molecular flexibility index (Phi) is 3.37. The van der Waals surface area contributed by atoms with Crippen molar-refractivity contribution >= 4 is 10.9 Å². The van der Waals surface area contributed by atoms with Crippen LogP contribution >= 0.6 is 0 Å². The van der Waals surface area contributed by atoms with Gasteiger partial charge >= 0.3 is 0 Å². The molecule has 0 bridgehead atoms. The number of nitrogens with one attached hydrogen (secondary N) is 1. The number of hydrazine groups is 1. The number of hydrogen-bond acceptors (Lipinski definition) is 4. The second-order valence-electron chi connectivity index (χ2n) is 4.45. The number of fused-ring (bicyclic) bond motifs is 1. The molecule has 0 saturated carbocycles. The van der Waals surface area contributed by atoms with E-state index in [9.17, 15) is 4.39 Å². The Balaban J connectivity index is 2.17. The van der Waals surface area contributed by atoms with Crippen molar-refractivity contribution in [2.75, 3.05) is 0 Å². The SMILES string of the molecule is NNC(c1cncc(F)c1)c1cccc2ncccc12. The molecule has 0 aliphatic carbocycles. The van der Waals surface area contributed by atoms with Gasteiger partial charge in [0.15, 0.2) is 0 Å². The highest BCUT2D eigenvalue weighted by atomic mass is 19.1. The standard InChI is InChI=1S/C15H13FN4/c16-11-7-10(8-18-9-11)15(20-17)13-3-1-5-14-12(13)4-2-6-19-14/h1-9,15,20H,17H2. The van der Waals surface area contributed by atoms with Crippen molar-refractivity contribution in [3.05, 3.63) is 71.9 Å². The molecule has 5 heteroatoms. The van der Waals surface area contributed by atoms with Crippen molar-refractivity contribution in [3.8, 4) is 0 Å². The van der Waals surface area contributed by atoms with Gasteiger partial charge in [0.2, 0.25) is 0 Å². The molecule has 3 aromatic rings. The molecule has 0 spiro atoms. The van der Waals surface area contributed by atoms with Crippen LogP contribution in [0.4, 0.5) is 4.39 Å². The smallest absolute Gasteiger partial charge is 0.141 e. The number of aromatic nitrogens is 2. The highest BCUT2D eigenvalue weighted by molar-refractivity contribution is 5.82. The van der Waals surface area contributed by atoms with Crippen LogP contribution in [-0.4, -0.2) is 9.97 Å². The Labute approximate surface area is 115 Å². The van der Waals surface area contributed by atoms with Gasteiger partial charge < -0.3 is 0 Å². The third-order valence-corrected chi connectivity index (χ3v) is 3.22. The van der Waals surface area contributed by atoms with Crippen molar-refractivity contribution in [2.24, 2.45) is 5.84 Å². The summed E-state index contributed by atoms with van der Waals surface area (Å²) in [5.74, 6) is 5.27. The number of nitrogens with two attached hydrogens (primary N) is 1. The Hall–Kier alpha value is -2.37. The molecule has 4 nitrogen and oxygen atoms in total. The lowest BCUT2D eigenvalue weighted by Crippen LogP contribution is -2.29. The molecule has 1 atom stereocenters. The zero-order valence-corrected chi connectivity index (χ0v) is 10.6. The monoisotopic (exact) mass is 268 g/mol. The molecule has 3 N–H and O–H groups in total. The molecule has 0 fully saturated rings. The quantitative estimate of drug-likeness (QED) is 0.565. The maximum Gasteiger partial charge on any atom is 0.141 e. The molecule has 0 aliphatic heterocycles. The van der Waals surface area contributed by atoms with Crippen molar-refractivity contribution in [2.45, 2.75) is 6.04 Å². The van der Waals surface area contributed by atoms with Crippen LogP contribution in [0.3, 0.4) is 0 Å². The van der Waals surface area contributed by atoms with Gasteiger partial charge in [-0.2, -0.15) is 0 Å². The number of nitrogens with zero attached hydrogens (tertiary/aromatic N) is 2. The van der Waals surface area contributed by atoms with Crippen LogP contribution in [0.1, 0.15) is 17.2 Å². The molecule has 2 aromatic heterocycles. The van der Waals surface area contributed by atoms with E-state index in [-0.39, 0.29) is 11.9 Å². The predicted octanol–water partition coefficient (Wildman–Crippen LogP) is 2.32. The minimum Gasteiger partial charge on any atom is -0.271 e. The fourth-order valence-electron chi connectivity index (χ4n) is 2.33. The number of pyridine rings is 2. The van der Waals surface area contributed by atoms with Crippen molar-refractivity contribution in [3.63, 3.8) is 0 Å². The maximum absolute atomic E-state index is 13.4. The Bertz CT molecular complexity index is 739. The topological polar surface area (TPSA) is 63.8 Å². The summed E-state index contributed by atoms with van der Waals surface area (Å²) in [4.78, 5) is 8.18. The van der Waals surface area contributed by atoms with Crippen LogP contribution in [0.25, 0.3) is 10.9 Å². The number of benzene rings is 1. The van der Waals surface area contributed by atoms with Gasteiger partial charge in [0.05, 0.1) is 17.8 Å². The van der Waals surface area contributed by atoms with Crippen molar-refractivity contribution < 1.29 is 4.39 Å². The molecular weight excluding hydrogens is 255 g/mol. The number of halogens is 1. The van der Waals surface area contributed by atoms with Crippen LogP contribution in [0.15, 0.2) is 55.0 Å². The third kappa shape index (κ3) is 2.24. The second kappa shape index (κ2) is 5.32. The van der Waals surface area contributed by atoms with E-state index in [2.05, 4.69) is 15.4 Å². The van der Waals surface area contributed by atoms with Crippen molar-refractivity contribution in [1.82, 2.24) is 15.4 Å². The first-order valence-electron chi connectivity index (χ1n) is 6.20. The molecule has 3 rings (SSSR count). The van der Waals surface area contributed by atoms with Gasteiger partial charge in [-0.05, 0) is 29.3 Å². The van der Waals surface area contributed by atoms with Gasteiger partial charge in [0, 0.05) is 17.8 Å². The van der Waals surface area contributed by atoms with Gasteiger partial charge in [-0.15, -0.1) is 0 Å². The maximum atomic E-state index is 13.4. The Morgan fingerprint density at radius 3 is 2.85 bits per heavy atom. The van der Waals surface area contributed by atoms with Gasteiger partial charge in [-0.25, -0.2) is 9.82 Å². The summed E-state index contributed by atoms with van der Waals surface area (Å²) < 4.78 is 13.4. The molecule has 1 unspecified atom stereocenters. The number of rotatable bonds is 3. The largest absolute Gasteiger partial charge is 0.271 e. The van der Waals surface area contributed by atoms with Gasteiger partial charge in [0.25, 0.3) is 0 Å². The van der Waals surface area contributed by atoms with Gasteiger partial charge in [-0.3, -0.25) is 15.8 Å². The minimum atomic E-state index is -0.388. The normalized spacial score (nSPS) is 12.5.